The molecule has 0 aliphatic carbocycles. The molecule has 1 aromatic rings. The van der Waals surface area contributed by atoms with Crippen molar-refractivity contribution in [2.45, 2.75) is 65.6 Å². The molecule has 0 saturated heterocycles. The highest BCUT2D eigenvalue weighted by molar-refractivity contribution is 5.67. The summed E-state index contributed by atoms with van der Waals surface area (Å²) in [5.74, 6) is -0.871. The first-order valence-electron chi connectivity index (χ1n) is 8.22. The number of ether oxygens (including phenoxy) is 1. The zero-order valence-corrected chi connectivity index (χ0v) is 15.3. The lowest BCUT2D eigenvalue weighted by molar-refractivity contribution is 0.0521. The standard InChI is InChI=1S/C18H28F2N2O2/c1-7-13(10-21-17(23)24-18(4,5)6)22-12(3)14-9-15(19)11(2)8-16(14)20/h8-9,12-13,22H,7,10H2,1-6H3,(H,21,23). The highest BCUT2D eigenvalue weighted by atomic mass is 19.1. The SMILES string of the molecule is CCC(CNC(=O)OC(C)(C)C)NC(C)c1cc(F)c(C)cc1F. The van der Waals surface area contributed by atoms with Crippen LogP contribution in [0.5, 0.6) is 0 Å². The normalized spacial score (nSPS) is 14.2. The fourth-order valence-electron chi connectivity index (χ4n) is 2.28. The van der Waals surface area contributed by atoms with Crippen LogP contribution in [0.2, 0.25) is 0 Å². The number of hydrogen-bond donors (Lipinski definition) is 2. The van der Waals surface area contributed by atoms with Crippen molar-refractivity contribution in [2.75, 3.05) is 6.54 Å². The summed E-state index contributed by atoms with van der Waals surface area (Å²) < 4.78 is 32.9. The first-order chi connectivity index (χ1) is 11.0. The van der Waals surface area contributed by atoms with Gasteiger partial charge in [0.05, 0.1) is 0 Å². The van der Waals surface area contributed by atoms with E-state index in [1.807, 2.05) is 6.92 Å². The summed E-state index contributed by atoms with van der Waals surface area (Å²) in [6, 6.07) is 1.95. The Morgan fingerprint density at radius 2 is 1.88 bits per heavy atom. The largest absolute Gasteiger partial charge is 0.444 e. The van der Waals surface area contributed by atoms with Crippen molar-refractivity contribution >= 4 is 6.09 Å². The van der Waals surface area contributed by atoms with Crippen molar-refractivity contribution in [3.05, 3.63) is 34.9 Å². The second-order valence-corrected chi connectivity index (χ2v) is 7.00. The van der Waals surface area contributed by atoms with E-state index in [-0.39, 0.29) is 23.2 Å². The Labute approximate surface area is 143 Å². The molecule has 0 bridgehead atoms. The Morgan fingerprint density at radius 1 is 1.25 bits per heavy atom. The number of rotatable bonds is 6. The average Bonchev–Trinajstić information content (AvgIpc) is 2.45. The van der Waals surface area contributed by atoms with Crippen LogP contribution in [0.4, 0.5) is 13.6 Å². The van der Waals surface area contributed by atoms with E-state index < -0.39 is 23.3 Å². The molecule has 0 aliphatic rings. The molecule has 4 nitrogen and oxygen atoms in total. The number of benzene rings is 1. The Hall–Kier alpha value is -1.69. The van der Waals surface area contributed by atoms with Crippen LogP contribution in [0.25, 0.3) is 0 Å². The van der Waals surface area contributed by atoms with Gasteiger partial charge >= 0.3 is 6.09 Å². The third-order valence-corrected chi connectivity index (χ3v) is 3.61. The molecular weight excluding hydrogens is 314 g/mol. The van der Waals surface area contributed by atoms with Gasteiger partial charge in [-0.1, -0.05) is 6.92 Å². The molecular formula is C18H28F2N2O2. The first-order valence-corrected chi connectivity index (χ1v) is 8.22. The number of alkyl carbamates (subject to hydrolysis) is 1. The fraction of sp³-hybridized carbons (Fsp3) is 0.611. The second kappa shape index (κ2) is 8.42. The van der Waals surface area contributed by atoms with Crippen molar-refractivity contribution in [2.24, 2.45) is 0 Å². The van der Waals surface area contributed by atoms with Crippen LogP contribution in [0.3, 0.4) is 0 Å². The van der Waals surface area contributed by atoms with E-state index in [0.717, 1.165) is 6.42 Å². The monoisotopic (exact) mass is 342 g/mol. The number of carbonyl (C=O) groups is 1. The van der Waals surface area contributed by atoms with Gasteiger partial charge in [0.25, 0.3) is 0 Å². The summed E-state index contributed by atoms with van der Waals surface area (Å²) in [5, 5.41) is 5.90. The molecule has 1 amide bonds. The molecule has 1 aromatic carbocycles. The zero-order chi connectivity index (χ0) is 18.5. The molecule has 6 heteroatoms. The molecule has 2 atom stereocenters. The second-order valence-electron chi connectivity index (χ2n) is 7.00. The Balaban J connectivity index is 2.65. The molecule has 0 aliphatic heterocycles. The van der Waals surface area contributed by atoms with Gasteiger partial charge in [-0.3, -0.25) is 0 Å². The van der Waals surface area contributed by atoms with Crippen LogP contribution in [0.15, 0.2) is 12.1 Å². The summed E-state index contributed by atoms with van der Waals surface area (Å²) in [6.45, 7) is 11.0. The predicted molar refractivity (Wildman–Crippen MR) is 91.0 cm³/mol. The van der Waals surface area contributed by atoms with Gasteiger partial charge in [0.15, 0.2) is 0 Å². The number of amides is 1. The van der Waals surface area contributed by atoms with Gasteiger partial charge in [-0.05, 0) is 58.7 Å². The van der Waals surface area contributed by atoms with Gasteiger partial charge in [0.2, 0.25) is 0 Å². The maximum Gasteiger partial charge on any atom is 0.407 e. The fourth-order valence-corrected chi connectivity index (χ4v) is 2.28. The van der Waals surface area contributed by atoms with Crippen LogP contribution < -0.4 is 10.6 Å². The van der Waals surface area contributed by atoms with Crippen LogP contribution in [-0.4, -0.2) is 24.3 Å². The van der Waals surface area contributed by atoms with E-state index in [1.165, 1.54) is 19.1 Å². The number of hydrogen-bond acceptors (Lipinski definition) is 3. The lowest BCUT2D eigenvalue weighted by Gasteiger charge is -2.25. The molecule has 0 saturated carbocycles. The van der Waals surface area contributed by atoms with Crippen molar-refractivity contribution in [3.8, 4) is 0 Å². The molecule has 0 radical (unpaired) electrons. The molecule has 0 heterocycles. The van der Waals surface area contributed by atoms with Crippen molar-refractivity contribution in [1.82, 2.24) is 10.6 Å². The molecule has 136 valence electrons. The van der Waals surface area contributed by atoms with E-state index in [9.17, 15) is 13.6 Å². The zero-order valence-electron chi connectivity index (χ0n) is 15.3. The van der Waals surface area contributed by atoms with Gasteiger partial charge in [0, 0.05) is 24.2 Å². The number of aryl methyl sites for hydroxylation is 1. The van der Waals surface area contributed by atoms with Crippen LogP contribution in [-0.2, 0) is 4.74 Å². The van der Waals surface area contributed by atoms with E-state index in [4.69, 9.17) is 4.74 Å². The summed E-state index contributed by atoms with van der Waals surface area (Å²) in [7, 11) is 0. The third-order valence-electron chi connectivity index (χ3n) is 3.61. The summed E-state index contributed by atoms with van der Waals surface area (Å²) in [5.41, 5.74) is -0.00869. The topological polar surface area (TPSA) is 50.4 Å². The predicted octanol–water partition coefficient (Wildman–Crippen LogP) is 4.23. The summed E-state index contributed by atoms with van der Waals surface area (Å²) in [6.07, 6.45) is 0.221. The van der Waals surface area contributed by atoms with Crippen LogP contribution in [0.1, 0.15) is 58.2 Å². The van der Waals surface area contributed by atoms with Gasteiger partial charge in [-0.2, -0.15) is 0 Å². The Morgan fingerprint density at radius 3 is 2.42 bits per heavy atom. The van der Waals surface area contributed by atoms with Crippen molar-refractivity contribution in [1.29, 1.82) is 0 Å². The molecule has 1 rings (SSSR count). The highest BCUT2D eigenvalue weighted by Crippen LogP contribution is 2.21. The maximum absolute atomic E-state index is 14.0. The minimum atomic E-state index is -0.560. The molecule has 2 unspecified atom stereocenters. The minimum absolute atomic E-state index is 0.0868. The van der Waals surface area contributed by atoms with Gasteiger partial charge in [-0.25, -0.2) is 13.6 Å². The number of nitrogens with one attached hydrogen (secondary N) is 2. The summed E-state index contributed by atoms with van der Waals surface area (Å²) in [4.78, 5) is 11.7. The van der Waals surface area contributed by atoms with E-state index in [1.54, 1.807) is 27.7 Å². The van der Waals surface area contributed by atoms with E-state index in [2.05, 4.69) is 10.6 Å². The smallest absolute Gasteiger partial charge is 0.407 e. The number of carbonyl (C=O) groups excluding carboxylic acids is 1. The van der Waals surface area contributed by atoms with Gasteiger partial charge < -0.3 is 15.4 Å². The van der Waals surface area contributed by atoms with Crippen LogP contribution >= 0.6 is 0 Å². The Bertz CT molecular complexity index is 571. The quantitative estimate of drug-likeness (QED) is 0.813. The number of halogens is 2. The maximum atomic E-state index is 14.0. The highest BCUT2D eigenvalue weighted by Gasteiger charge is 2.19. The lowest BCUT2D eigenvalue weighted by atomic mass is 10.0. The summed E-state index contributed by atoms with van der Waals surface area (Å²) >= 11 is 0. The van der Waals surface area contributed by atoms with Crippen LogP contribution in [0, 0.1) is 18.6 Å². The Kier molecular flexibility index (Phi) is 7.14. The average molecular weight is 342 g/mol. The van der Waals surface area contributed by atoms with Crippen molar-refractivity contribution in [3.63, 3.8) is 0 Å². The first kappa shape index (κ1) is 20.4. The third kappa shape index (κ3) is 6.43. The molecule has 0 spiro atoms. The molecule has 24 heavy (non-hydrogen) atoms. The van der Waals surface area contributed by atoms with E-state index >= 15 is 0 Å². The van der Waals surface area contributed by atoms with Crippen molar-refractivity contribution < 1.29 is 18.3 Å². The minimum Gasteiger partial charge on any atom is -0.444 e. The molecule has 0 aromatic heterocycles. The molecule has 0 fully saturated rings. The van der Waals surface area contributed by atoms with Gasteiger partial charge in [0.1, 0.15) is 17.2 Å². The lowest BCUT2D eigenvalue weighted by Crippen LogP contribution is -2.43. The molecule has 2 N–H and O–H groups in total. The van der Waals surface area contributed by atoms with Gasteiger partial charge in [-0.15, -0.1) is 0 Å². The van der Waals surface area contributed by atoms with E-state index in [0.29, 0.717) is 6.54 Å².